The van der Waals surface area contributed by atoms with E-state index in [1.165, 1.54) is 23.9 Å². The first kappa shape index (κ1) is 21.5. The van der Waals surface area contributed by atoms with Crippen molar-refractivity contribution in [3.05, 3.63) is 36.4 Å². The summed E-state index contributed by atoms with van der Waals surface area (Å²) in [5, 5.41) is 3.59. The summed E-state index contributed by atoms with van der Waals surface area (Å²) in [6.45, 7) is 0.684. The minimum atomic E-state index is -0.377. The Hall–Kier alpha value is -1.57. The molecular weight excluding hydrogens is 363 g/mol. The number of nitrogens with zero attached hydrogens (tertiary/aromatic N) is 2. The molecule has 25 heavy (non-hydrogen) atoms. The van der Waals surface area contributed by atoms with E-state index in [9.17, 15) is 9.18 Å². The zero-order valence-corrected chi connectivity index (χ0v) is 15.8. The van der Waals surface area contributed by atoms with Crippen molar-refractivity contribution in [3.8, 4) is 0 Å². The lowest BCUT2D eigenvalue weighted by Gasteiger charge is -2.11. The molecule has 0 aliphatic heterocycles. The van der Waals surface area contributed by atoms with Gasteiger partial charge in [0, 0.05) is 30.8 Å². The normalized spacial score (nSPS) is 10.4. The lowest BCUT2D eigenvalue weighted by molar-refractivity contribution is -0.116. The van der Waals surface area contributed by atoms with Crippen molar-refractivity contribution in [2.75, 3.05) is 11.9 Å². The van der Waals surface area contributed by atoms with Gasteiger partial charge in [-0.25, -0.2) is 9.37 Å². The van der Waals surface area contributed by atoms with Crippen LogP contribution in [0, 0.1) is 5.82 Å². The van der Waals surface area contributed by atoms with Gasteiger partial charge in [0.05, 0.1) is 5.69 Å². The Bertz CT molecular complexity index is 680. The molecule has 5 nitrogen and oxygen atoms in total. The number of nitrogens with one attached hydrogen (secondary N) is 1. The van der Waals surface area contributed by atoms with Crippen LogP contribution < -0.4 is 11.1 Å². The quantitative estimate of drug-likeness (QED) is 0.639. The minimum absolute atomic E-state index is 0. The maximum Gasteiger partial charge on any atom is 0.224 e. The van der Waals surface area contributed by atoms with Gasteiger partial charge in [0.1, 0.15) is 5.82 Å². The monoisotopic (exact) mass is 386 g/mol. The molecule has 0 aliphatic carbocycles. The van der Waals surface area contributed by atoms with E-state index < -0.39 is 0 Å². The average molecular weight is 387 g/mol. The molecular formula is C17H24ClFN4OS. The van der Waals surface area contributed by atoms with Crippen LogP contribution >= 0.6 is 24.2 Å². The Morgan fingerprint density at radius 3 is 2.76 bits per heavy atom. The number of halogens is 2. The van der Waals surface area contributed by atoms with Crippen molar-refractivity contribution in [2.45, 2.75) is 42.2 Å². The zero-order valence-electron chi connectivity index (χ0n) is 14.2. The number of carbonyl (C=O) groups excluding carboxylic acids is 1. The highest BCUT2D eigenvalue weighted by Gasteiger charge is 2.11. The molecule has 1 aromatic carbocycles. The number of nitrogens with two attached hydrogens (primary N) is 1. The Labute approximate surface area is 158 Å². The van der Waals surface area contributed by atoms with Gasteiger partial charge in [-0.2, -0.15) is 0 Å². The number of carbonyl (C=O) groups is 1. The van der Waals surface area contributed by atoms with Crippen molar-refractivity contribution in [2.24, 2.45) is 12.8 Å². The standard InChI is InChI=1S/C17H23FN4OS.ClH/c1-22-11-10-20-17(22)24-15-8-7-13(18)12-14(15)21-16(23)6-4-2-3-5-9-19;/h7-8,10-12H,2-6,9,19H2,1H3,(H,21,23);1H. The third kappa shape index (κ3) is 7.05. The lowest BCUT2D eigenvalue weighted by atomic mass is 10.1. The predicted molar refractivity (Wildman–Crippen MR) is 102 cm³/mol. The van der Waals surface area contributed by atoms with Crippen LogP contribution in [0.2, 0.25) is 0 Å². The van der Waals surface area contributed by atoms with Crippen molar-refractivity contribution in [1.82, 2.24) is 9.55 Å². The minimum Gasteiger partial charge on any atom is -0.330 e. The number of rotatable bonds is 9. The summed E-state index contributed by atoms with van der Waals surface area (Å²) in [7, 11) is 1.89. The van der Waals surface area contributed by atoms with Crippen LogP contribution in [0.3, 0.4) is 0 Å². The van der Waals surface area contributed by atoms with Gasteiger partial charge in [-0.15, -0.1) is 12.4 Å². The predicted octanol–water partition coefficient (Wildman–Crippen LogP) is 3.98. The molecule has 138 valence electrons. The van der Waals surface area contributed by atoms with E-state index >= 15 is 0 Å². The van der Waals surface area contributed by atoms with Crippen LogP contribution in [-0.4, -0.2) is 22.0 Å². The third-order valence-corrected chi connectivity index (χ3v) is 4.70. The molecule has 1 aromatic heterocycles. The highest BCUT2D eigenvalue weighted by molar-refractivity contribution is 7.99. The number of hydrogen-bond acceptors (Lipinski definition) is 4. The number of imidazole rings is 1. The number of unbranched alkanes of at least 4 members (excludes halogenated alkanes) is 3. The van der Waals surface area contributed by atoms with E-state index in [4.69, 9.17) is 5.73 Å². The van der Waals surface area contributed by atoms with Gasteiger partial charge >= 0.3 is 0 Å². The number of anilines is 1. The molecule has 2 aromatic rings. The van der Waals surface area contributed by atoms with Gasteiger partial charge in [-0.1, -0.05) is 12.8 Å². The van der Waals surface area contributed by atoms with E-state index in [-0.39, 0.29) is 24.1 Å². The Kier molecular flexibility index (Phi) is 9.55. The second-order valence-electron chi connectivity index (χ2n) is 5.56. The lowest BCUT2D eigenvalue weighted by Crippen LogP contribution is -2.12. The molecule has 0 aliphatic rings. The van der Waals surface area contributed by atoms with Crippen LogP contribution in [0.25, 0.3) is 0 Å². The van der Waals surface area contributed by atoms with Crippen molar-refractivity contribution in [3.63, 3.8) is 0 Å². The number of aromatic nitrogens is 2. The molecule has 1 heterocycles. The first-order valence-electron chi connectivity index (χ1n) is 8.05. The molecule has 0 fully saturated rings. The maximum absolute atomic E-state index is 13.6. The summed E-state index contributed by atoms with van der Waals surface area (Å²) in [6.07, 6.45) is 7.76. The fraction of sp³-hybridized carbons (Fsp3) is 0.412. The summed E-state index contributed by atoms with van der Waals surface area (Å²) in [5.74, 6) is -0.479. The topological polar surface area (TPSA) is 72.9 Å². The summed E-state index contributed by atoms with van der Waals surface area (Å²) in [4.78, 5) is 17.1. The smallest absolute Gasteiger partial charge is 0.224 e. The Balaban J connectivity index is 0.00000312. The van der Waals surface area contributed by atoms with Gasteiger partial charge in [-0.3, -0.25) is 4.79 Å². The summed E-state index contributed by atoms with van der Waals surface area (Å²) < 4.78 is 15.4. The first-order chi connectivity index (χ1) is 11.6. The van der Waals surface area contributed by atoms with Crippen molar-refractivity contribution >= 4 is 35.8 Å². The Morgan fingerprint density at radius 2 is 2.08 bits per heavy atom. The second-order valence-corrected chi connectivity index (χ2v) is 6.57. The van der Waals surface area contributed by atoms with Crippen molar-refractivity contribution in [1.29, 1.82) is 0 Å². The molecule has 8 heteroatoms. The molecule has 3 N–H and O–H groups in total. The van der Waals surface area contributed by atoms with E-state index in [0.717, 1.165) is 35.7 Å². The van der Waals surface area contributed by atoms with E-state index in [1.807, 2.05) is 17.8 Å². The third-order valence-electron chi connectivity index (χ3n) is 3.55. The van der Waals surface area contributed by atoms with Gasteiger partial charge in [0.25, 0.3) is 0 Å². The van der Waals surface area contributed by atoms with Crippen molar-refractivity contribution < 1.29 is 9.18 Å². The van der Waals surface area contributed by atoms with Gasteiger partial charge in [-0.05, 0) is 49.3 Å². The summed E-state index contributed by atoms with van der Waals surface area (Å²) >= 11 is 1.39. The van der Waals surface area contributed by atoms with Crippen LogP contribution in [-0.2, 0) is 11.8 Å². The molecule has 0 atom stereocenters. The fourth-order valence-electron chi connectivity index (χ4n) is 2.23. The Morgan fingerprint density at radius 1 is 1.32 bits per heavy atom. The average Bonchev–Trinajstić information content (AvgIpc) is 2.95. The number of amides is 1. The number of benzene rings is 1. The summed E-state index contributed by atoms with van der Waals surface area (Å²) in [5.41, 5.74) is 5.93. The van der Waals surface area contributed by atoms with Gasteiger partial charge in [0.15, 0.2) is 5.16 Å². The second kappa shape index (κ2) is 11.1. The molecule has 0 saturated carbocycles. The molecule has 0 unspecified atom stereocenters. The zero-order chi connectivity index (χ0) is 17.4. The van der Waals surface area contributed by atoms with Gasteiger partial charge < -0.3 is 15.6 Å². The van der Waals surface area contributed by atoms with Crippen LogP contribution in [0.1, 0.15) is 32.1 Å². The molecule has 0 radical (unpaired) electrons. The number of hydrogen-bond donors (Lipinski definition) is 2. The highest BCUT2D eigenvalue weighted by atomic mass is 35.5. The first-order valence-corrected chi connectivity index (χ1v) is 8.86. The number of aryl methyl sites for hydroxylation is 1. The molecule has 0 spiro atoms. The fourth-order valence-corrected chi connectivity index (χ4v) is 3.10. The van der Waals surface area contributed by atoms with E-state index in [2.05, 4.69) is 10.3 Å². The van der Waals surface area contributed by atoms with E-state index in [1.54, 1.807) is 12.3 Å². The summed E-state index contributed by atoms with van der Waals surface area (Å²) in [6, 6.07) is 4.39. The SMILES string of the molecule is Cl.Cn1ccnc1Sc1ccc(F)cc1NC(=O)CCCCCCN. The largest absolute Gasteiger partial charge is 0.330 e. The van der Waals surface area contributed by atoms with Gasteiger partial charge in [0.2, 0.25) is 5.91 Å². The van der Waals surface area contributed by atoms with Crippen LogP contribution in [0.5, 0.6) is 0 Å². The highest BCUT2D eigenvalue weighted by Crippen LogP contribution is 2.33. The van der Waals surface area contributed by atoms with Crippen LogP contribution in [0.15, 0.2) is 40.6 Å². The van der Waals surface area contributed by atoms with Crippen LogP contribution in [0.4, 0.5) is 10.1 Å². The molecule has 2 rings (SSSR count). The molecule has 0 saturated heterocycles. The maximum atomic E-state index is 13.6. The molecule has 0 bridgehead atoms. The molecule has 1 amide bonds. The van der Waals surface area contributed by atoms with E-state index in [0.29, 0.717) is 18.7 Å².